The predicted molar refractivity (Wildman–Crippen MR) is 69.0 cm³/mol. The van der Waals surface area contributed by atoms with Gasteiger partial charge in [0.25, 0.3) is 0 Å². The number of amides is 2. The van der Waals surface area contributed by atoms with Crippen LogP contribution in [0.25, 0.3) is 0 Å². The lowest BCUT2D eigenvalue weighted by atomic mass is 10.3. The first-order valence-corrected chi connectivity index (χ1v) is 6.70. The molecule has 1 rings (SSSR count). The van der Waals surface area contributed by atoms with Crippen molar-refractivity contribution in [2.45, 2.75) is 19.0 Å². The molecule has 6 nitrogen and oxygen atoms in total. The molecule has 122 valence electrons. The maximum atomic E-state index is 12.3. The molecule has 0 saturated carbocycles. The fourth-order valence-electron chi connectivity index (χ4n) is 2.16. The Labute approximate surface area is 121 Å². The molecule has 0 aliphatic carbocycles. The van der Waals surface area contributed by atoms with Gasteiger partial charge < -0.3 is 14.9 Å². The number of hydrogen-bond donors (Lipinski definition) is 1. The molecular formula is C12H20F3N3O3. The van der Waals surface area contributed by atoms with Gasteiger partial charge in [0.2, 0.25) is 0 Å². The van der Waals surface area contributed by atoms with Crippen LogP contribution in [0.1, 0.15) is 12.8 Å². The molecule has 0 unspecified atom stereocenters. The Morgan fingerprint density at radius 1 is 1.19 bits per heavy atom. The van der Waals surface area contributed by atoms with E-state index in [-0.39, 0.29) is 38.6 Å². The van der Waals surface area contributed by atoms with Crippen molar-refractivity contribution in [2.24, 2.45) is 0 Å². The van der Waals surface area contributed by atoms with Crippen LogP contribution in [0.15, 0.2) is 0 Å². The van der Waals surface area contributed by atoms with Crippen LogP contribution in [0.4, 0.5) is 18.0 Å². The second-order valence-electron chi connectivity index (χ2n) is 5.08. The fraction of sp³-hybridized carbons (Fsp3) is 0.833. The Morgan fingerprint density at radius 3 is 2.24 bits per heavy atom. The number of carboxylic acids is 1. The molecule has 9 heteroatoms. The summed E-state index contributed by atoms with van der Waals surface area (Å²) in [5.41, 5.74) is 0. The number of carboxylic acid groups (broad SMARTS) is 1. The first kappa shape index (κ1) is 17.5. The van der Waals surface area contributed by atoms with Crippen molar-refractivity contribution >= 4 is 12.0 Å². The zero-order chi connectivity index (χ0) is 16.0. The van der Waals surface area contributed by atoms with E-state index in [2.05, 4.69) is 0 Å². The highest BCUT2D eigenvalue weighted by Gasteiger charge is 2.33. The van der Waals surface area contributed by atoms with Gasteiger partial charge in [-0.3, -0.25) is 9.69 Å². The van der Waals surface area contributed by atoms with Crippen LogP contribution in [-0.4, -0.2) is 84.3 Å². The third kappa shape index (κ3) is 6.65. The summed E-state index contributed by atoms with van der Waals surface area (Å²) in [4.78, 5) is 26.6. The maximum Gasteiger partial charge on any atom is 0.401 e. The van der Waals surface area contributed by atoms with Gasteiger partial charge in [0.05, 0.1) is 6.54 Å². The second kappa shape index (κ2) is 7.48. The van der Waals surface area contributed by atoms with E-state index in [0.29, 0.717) is 13.0 Å². The van der Waals surface area contributed by atoms with Crippen LogP contribution in [-0.2, 0) is 4.79 Å². The molecule has 21 heavy (non-hydrogen) atoms. The minimum absolute atomic E-state index is 0.0169. The Balaban J connectivity index is 2.32. The highest BCUT2D eigenvalue weighted by atomic mass is 19.4. The smallest absolute Gasteiger partial charge is 0.401 e. The molecule has 0 atom stereocenters. The third-order valence-corrected chi connectivity index (χ3v) is 3.26. The number of hydrogen-bond acceptors (Lipinski definition) is 3. The monoisotopic (exact) mass is 311 g/mol. The molecule has 0 aromatic rings. The van der Waals surface area contributed by atoms with E-state index in [0.717, 1.165) is 0 Å². The van der Waals surface area contributed by atoms with E-state index in [1.807, 2.05) is 0 Å². The van der Waals surface area contributed by atoms with Gasteiger partial charge in [-0.05, 0) is 6.42 Å². The van der Waals surface area contributed by atoms with E-state index in [9.17, 15) is 22.8 Å². The number of rotatable bonds is 5. The number of halogens is 3. The summed E-state index contributed by atoms with van der Waals surface area (Å²) < 4.78 is 36.8. The number of nitrogens with zero attached hydrogens (tertiary/aromatic N) is 3. The summed E-state index contributed by atoms with van der Waals surface area (Å²) in [5, 5.41) is 8.52. The molecule has 1 aliphatic heterocycles. The van der Waals surface area contributed by atoms with E-state index in [4.69, 9.17) is 5.11 Å². The molecule has 1 fully saturated rings. The molecule has 1 heterocycles. The molecular weight excluding hydrogens is 291 g/mol. The zero-order valence-electron chi connectivity index (χ0n) is 11.9. The number of piperazine rings is 1. The minimum Gasteiger partial charge on any atom is -0.481 e. The van der Waals surface area contributed by atoms with Gasteiger partial charge in [-0.15, -0.1) is 0 Å². The van der Waals surface area contributed by atoms with Crippen molar-refractivity contribution in [2.75, 3.05) is 46.3 Å². The molecule has 1 saturated heterocycles. The molecule has 0 radical (unpaired) electrons. The number of urea groups is 1. The van der Waals surface area contributed by atoms with Gasteiger partial charge in [-0.25, -0.2) is 4.79 Å². The lowest BCUT2D eigenvalue weighted by Gasteiger charge is -2.36. The average molecular weight is 311 g/mol. The van der Waals surface area contributed by atoms with E-state index in [1.54, 1.807) is 7.05 Å². The first-order valence-electron chi connectivity index (χ1n) is 6.70. The maximum absolute atomic E-state index is 12.3. The lowest BCUT2D eigenvalue weighted by Crippen LogP contribution is -2.53. The van der Waals surface area contributed by atoms with E-state index >= 15 is 0 Å². The van der Waals surface area contributed by atoms with Gasteiger partial charge in [0.1, 0.15) is 0 Å². The fourth-order valence-corrected chi connectivity index (χ4v) is 2.16. The molecule has 0 bridgehead atoms. The molecule has 0 aromatic carbocycles. The van der Waals surface area contributed by atoms with Crippen LogP contribution >= 0.6 is 0 Å². The Morgan fingerprint density at radius 2 is 1.76 bits per heavy atom. The van der Waals surface area contributed by atoms with Crippen LogP contribution in [0.5, 0.6) is 0 Å². The second-order valence-corrected chi connectivity index (χ2v) is 5.08. The molecule has 0 spiro atoms. The minimum atomic E-state index is -4.22. The topological polar surface area (TPSA) is 64.1 Å². The molecule has 0 aromatic heterocycles. The molecule has 1 N–H and O–H groups in total. The summed E-state index contributed by atoms with van der Waals surface area (Å²) in [6.45, 7) is 0.232. The standard InChI is InChI=1S/C12H20F3N3O3/c1-16(4-2-3-10(19)20)11(21)18-7-5-17(6-8-18)9-12(13,14)15/h2-9H2,1H3,(H,19,20). The van der Waals surface area contributed by atoms with E-state index < -0.39 is 18.7 Å². The van der Waals surface area contributed by atoms with Crippen molar-refractivity contribution < 1.29 is 27.9 Å². The van der Waals surface area contributed by atoms with Crippen LogP contribution in [0, 0.1) is 0 Å². The third-order valence-electron chi connectivity index (χ3n) is 3.26. The molecule has 2 amide bonds. The summed E-state index contributed by atoms with van der Waals surface area (Å²) >= 11 is 0. The predicted octanol–water partition coefficient (Wildman–Crippen LogP) is 1.08. The summed E-state index contributed by atoms with van der Waals surface area (Å²) in [7, 11) is 1.56. The SMILES string of the molecule is CN(CCCC(=O)O)C(=O)N1CCN(CC(F)(F)F)CC1. The quantitative estimate of drug-likeness (QED) is 0.825. The van der Waals surface area contributed by atoms with Gasteiger partial charge in [0.15, 0.2) is 0 Å². The van der Waals surface area contributed by atoms with Crippen molar-refractivity contribution in [1.82, 2.24) is 14.7 Å². The van der Waals surface area contributed by atoms with Gasteiger partial charge >= 0.3 is 18.2 Å². The largest absolute Gasteiger partial charge is 0.481 e. The van der Waals surface area contributed by atoms with Crippen LogP contribution < -0.4 is 0 Å². The van der Waals surface area contributed by atoms with Crippen LogP contribution in [0.2, 0.25) is 0 Å². The summed E-state index contributed by atoms with van der Waals surface area (Å²) in [6.07, 6.45) is -3.89. The summed E-state index contributed by atoms with van der Waals surface area (Å²) in [5.74, 6) is -0.920. The number of aliphatic carboxylic acids is 1. The first-order chi connectivity index (χ1) is 9.69. The Hall–Kier alpha value is -1.51. The van der Waals surface area contributed by atoms with Crippen molar-refractivity contribution in [3.63, 3.8) is 0 Å². The zero-order valence-corrected chi connectivity index (χ0v) is 11.9. The van der Waals surface area contributed by atoms with Gasteiger partial charge in [0, 0.05) is 46.2 Å². The Kier molecular flexibility index (Phi) is 6.25. The molecule has 1 aliphatic rings. The van der Waals surface area contributed by atoms with Crippen molar-refractivity contribution in [3.05, 3.63) is 0 Å². The Bertz CT molecular complexity index is 368. The lowest BCUT2D eigenvalue weighted by molar-refractivity contribution is -0.148. The van der Waals surface area contributed by atoms with E-state index in [1.165, 1.54) is 14.7 Å². The number of carbonyl (C=O) groups is 2. The highest BCUT2D eigenvalue weighted by Crippen LogP contribution is 2.17. The van der Waals surface area contributed by atoms with Gasteiger partial charge in [-0.1, -0.05) is 0 Å². The van der Waals surface area contributed by atoms with Crippen LogP contribution in [0.3, 0.4) is 0 Å². The van der Waals surface area contributed by atoms with Gasteiger partial charge in [-0.2, -0.15) is 13.2 Å². The highest BCUT2D eigenvalue weighted by molar-refractivity contribution is 5.74. The summed E-state index contributed by atoms with van der Waals surface area (Å²) in [6, 6.07) is -0.271. The van der Waals surface area contributed by atoms with Crippen molar-refractivity contribution in [3.8, 4) is 0 Å². The average Bonchev–Trinajstić information content (AvgIpc) is 2.36. The number of carbonyl (C=O) groups excluding carboxylic acids is 1. The van der Waals surface area contributed by atoms with Crippen molar-refractivity contribution in [1.29, 1.82) is 0 Å². The number of alkyl halides is 3. The normalized spacial score (nSPS) is 16.9.